The molecule has 0 fully saturated rings. The molecule has 1 aromatic rings. The fraction of sp³-hybridized carbons (Fsp3) is 0.583. The molecule has 0 spiro atoms. The highest BCUT2D eigenvalue weighted by Gasteiger charge is 2.20. The van der Waals surface area contributed by atoms with Crippen molar-refractivity contribution in [2.45, 2.75) is 31.2 Å². The molecule has 0 aliphatic carbocycles. The van der Waals surface area contributed by atoms with Gasteiger partial charge in [0, 0.05) is 25.0 Å². The van der Waals surface area contributed by atoms with E-state index in [-0.39, 0.29) is 10.6 Å². The second-order valence-corrected chi connectivity index (χ2v) is 8.82. The van der Waals surface area contributed by atoms with Crippen LogP contribution in [0.2, 0.25) is 0 Å². The minimum absolute atomic E-state index is 0.00454. The van der Waals surface area contributed by atoms with Gasteiger partial charge in [-0.2, -0.15) is 0 Å². The summed E-state index contributed by atoms with van der Waals surface area (Å²) in [5.74, 6) is 0.343. The highest BCUT2D eigenvalue weighted by molar-refractivity contribution is 7.91. The quantitative estimate of drug-likeness (QED) is 0.721. The van der Waals surface area contributed by atoms with Crippen molar-refractivity contribution in [1.29, 1.82) is 0 Å². The Morgan fingerprint density at radius 2 is 1.90 bits per heavy atom. The van der Waals surface area contributed by atoms with Gasteiger partial charge in [-0.15, -0.1) is 0 Å². The molecule has 0 aliphatic rings. The second-order valence-electron chi connectivity index (χ2n) is 4.92. The van der Waals surface area contributed by atoms with Crippen LogP contribution in [0.5, 0.6) is 0 Å². The second kappa shape index (κ2) is 7.19. The Bertz CT molecular complexity index is 654. The van der Waals surface area contributed by atoms with E-state index in [1.54, 1.807) is 6.07 Å². The molecule has 7 nitrogen and oxygen atoms in total. The van der Waals surface area contributed by atoms with E-state index in [1.165, 1.54) is 19.2 Å². The largest absolute Gasteiger partial charge is 0.370 e. The molecule has 1 rings (SSSR count). The predicted molar refractivity (Wildman–Crippen MR) is 82.5 cm³/mol. The number of nitrogens with zero attached hydrogens (tertiary/aromatic N) is 1. The van der Waals surface area contributed by atoms with E-state index in [9.17, 15) is 16.8 Å². The maximum absolute atomic E-state index is 12.1. The molecule has 0 aliphatic heterocycles. The summed E-state index contributed by atoms with van der Waals surface area (Å²) < 4.78 is 48.8. The molecule has 0 amide bonds. The zero-order valence-electron chi connectivity index (χ0n) is 12.3. The van der Waals surface area contributed by atoms with Crippen LogP contribution in [0.1, 0.15) is 20.3 Å². The third-order valence-corrected chi connectivity index (χ3v) is 5.19. The van der Waals surface area contributed by atoms with E-state index < -0.39 is 25.9 Å². The Morgan fingerprint density at radius 3 is 2.38 bits per heavy atom. The van der Waals surface area contributed by atoms with Crippen LogP contribution in [0.3, 0.4) is 0 Å². The molecule has 0 radical (unpaired) electrons. The van der Waals surface area contributed by atoms with Gasteiger partial charge < -0.3 is 5.32 Å². The molecule has 1 atom stereocenters. The molecule has 21 heavy (non-hydrogen) atoms. The Labute approximate surface area is 126 Å². The summed E-state index contributed by atoms with van der Waals surface area (Å²) in [5.41, 5.74) is 0. The molecule has 120 valence electrons. The monoisotopic (exact) mass is 335 g/mol. The molecule has 1 heterocycles. The van der Waals surface area contributed by atoms with Crippen LogP contribution in [0.15, 0.2) is 23.2 Å². The van der Waals surface area contributed by atoms with Crippen molar-refractivity contribution >= 4 is 25.7 Å². The van der Waals surface area contributed by atoms with Crippen molar-refractivity contribution in [3.05, 3.63) is 18.3 Å². The maximum atomic E-state index is 12.1. The topological polar surface area (TPSA) is 105 Å². The number of nitrogens with one attached hydrogen (secondary N) is 2. The first-order valence-electron chi connectivity index (χ1n) is 6.54. The van der Waals surface area contributed by atoms with E-state index in [0.29, 0.717) is 5.82 Å². The fourth-order valence-corrected chi connectivity index (χ4v) is 4.00. The summed E-state index contributed by atoms with van der Waals surface area (Å²) in [6.07, 6.45) is 3.24. The van der Waals surface area contributed by atoms with Crippen molar-refractivity contribution in [1.82, 2.24) is 9.71 Å². The van der Waals surface area contributed by atoms with Gasteiger partial charge in [-0.3, -0.25) is 0 Å². The van der Waals surface area contributed by atoms with Crippen molar-refractivity contribution < 1.29 is 16.8 Å². The van der Waals surface area contributed by atoms with Gasteiger partial charge in [0.05, 0.1) is 5.75 Å². The molecule has 0 saturated carbocycles. The maximum Gasteiger partial charge on any atom is 0.242 e. The molecule has 0 saturated heterocycles. The minimum Gasteiger partial charge on any atom is -0.370 e. The van der Waals surface area contributed by atoms with E-state index in [1.807, 2.05) is 6.92 Å². The standard InChI is InChI=1S/C12H21N3O4S2/c1-4-7-13-12-6-5-11(8-14-12)21(18,19)15-10(2)9-20(3,16)17/h5-6,8,10,15H,4,7,9H2,1-3H3,(H,13,14). The third kappa shape index (κ3) is 6.40. The summed E-state index contributed by atoms with van der Waals surface area (Å²) in [5, 5.41) is 3.04. The number of sulfone groups is 1. The average molecular weight is 335 g/mol. The molecular weight excluding hydrogens is 314 g/mol. The molecule has 1 unspecified atom stereocenters. The number of rotatable bonds is 8. The van der Waals surface area contributed by atoms with Crippen molar-refractivity contribution in [2.24, 2.45) is 0 Å². The first kappa shape index (κ1) is 17.9. The van der Waals surface area contributed by atoms with E-state index in [0.717, 1.165) is 19.2 Å². The lowest BCUT2D eigenvalue weighted by Crippen LogP contribution is -2.37. The first-order valence-corrected chi connectivity index (χ1v) is 10.1. The van der Waals surface area contributed by atoms with Gasteiger partial charge in [0.1, 0.15) is 20.6 Å². The lowest BCUT2D eigenvalue weighted by molar-refractivity contribution is 0.564. The van der Waals surface area contributed by atoms with Gasteiger partial charge >= 0.3 is 0 Å². The lowest BCUT2D eigenvalue weighted by atomic mass is 10.4. The van der Waals surface area contributed by atoms with Gasteiger partial charge in [0.2, 0.25) is 10.0 Å². The number of hydrogen-bond donors (Lipinski definition) is 2. The highest BCUT2D eigenvalue weighted by atomic mass is 32.2. The Balaban J connectivity index is 2.78. The number of anilines is 1. The smallest absolute Gasteiger partial charge is 0.242 e. The van der Waals surface area contributed by atoms with E-state index in [2.05, 4.69) is 15.0 Å². The van der Waals surface area contributed by atoms with Crippen LogP contribution in [-0.4, -0.2) is 46.4 Å². The average Bonchev–Trinajstić information content (AvgIpc) is 2.33. The van der Waals surface area contributed by atoms with Crippen LogP contribution in [0, 0.1) is 0 Å². The molecule has 0 bridgehead atoms. The van der Waals surface area contributed by atoms with Gasteiger partial charge in [-0.1, -0.05) is 6.92 Å². The van der Waals surface area contributed by atoms with E-state index in [4.69, 9.17) is 0 Å². The molecular formula is C12H21N3O4S2. The van der Waals surface area contributed by atoms with Gasteiger partial charge in [-0.25, -0.2) is 26.5 Å². The van der Waals surface area contributed by atoms with Crippen LogP contribution in [0.25, 0.3) is 0 Å². The van der Waals surface area contributed by atoms with Crippen LogP contribution in [0.4, 0.5) is 5.82 Å². The zero-order valence-corrected chi connectivity index (χ0v) is 14.0. The first-order chi connectivity index (χ1) is 9.64. The van der Waals surface area contributed by atoms with Gasteiger partial charge in [0.25, 0.3) is 0 Å². The number of pyridine rings is 1. The zero-order chi connectivity index (χ0) is 16.1. The molecule has 9 heteroatoms. The molecule has 0 aromatic carbocycles. The Kier molecular flexibility index (Phi) is 6.11. The lowest BCUT2D eigenvalue weighted by Gasteiger charge is -2.13. The Hall–Kier alpha value is -1.19. The SMILES string of the molecule is CCCNc1ccc(S(=O)(=O)NC(C)CS(C)(=O)=O)cn1. The molecule has 1 aromatic heterocycles. The summed E-state index contributed by atoms with van der Waals surface area (Å²) in [7, 11) is -7.02. The predicted octanol–water partition coefficient (Wildman–Crippen LogP) is 0.615. The number of hydrogen-bond acceptors (Lipinski definition) is 6. The van der Waals surface area contributed by atoms with Crippen LogP contribution >= 0.6 is 0 Å². The van der Waals surface area contributed by atoms with Crippen molar-refractivity contribution in [3.63, 3.8) is 0 Å². The Morgan fingerprint density at radius 1 is 1.24 bits per heavy atom. The summed E-state index contributed by atoms with van der Waals surface area (Å²) in [6.45, 7) is 4.27. The van der Waals surface area contributed by atoms with Crippen LogP contribution < -0.4 is 10.0 Å². The van der Waals surface area contributed by atoms with Crippen molar-refractivity contribution in [2.75, 3.05) is 23.9 Å². The number of aromatic nitrogens is 1. The van der Waals surface area contributed by atoms with Crippen molar-refractivity contribution in [3.8, 4) is 0 Å². The van der Waals surface area contributed by atoms with Gasteiger partial charge in [0.15, 0.2) is 0 Å². The summed E-state index contributed by atoms with van der Waals surface area (Å²) in [4.78, 5) is 4.02. The van der Waals surface area contributed by atoms with Gasteiger partial charge in [-0.05, 0) is 25.5 Å². The normalized spacial score (nSPS) is 13.9. The molecule has 2 N–H and O–H groups in total. The fourth-order valence-electron chi connectivity index (χ4n) is 1.72. The van der Waals surface area contributed by atoms with E-state index >= 15 is 0 Å². The third-order valence-electron chi connectivity index (χ3n) is 2.51. The summed E-state index contributed by atoms with van der Waals surface area (Å²) >= 11 is 0. The summed E-state index contributed by atoms with van der Waals surface area (Å²) in [6, 6.07) is 2.30. The number of sulfonamides is 1. The highest BCUT2D eigenvalue weighted by Crippen LogP contribution is 2.11. The minimum atomic E-state index is -3.77. The van der Waals surface area contributed by atoms with Crippen LogP contribution in [-0.2, 0) is 19.9 Å².